The average Bonchev–Trinajstić information content (AvgIpc) is 2.72. The van der Waals surface area contributed by atoms with Crippen molar-refractivity contribution < 1.29 is 0 Å². The van der Waals surface area contributed by atoms with Gasteiger partial charge in [-0.15, -0.1) is 0 Å². The molecule has 0 spiro atoms. The highest BCUT2D eigenvalue weighted by atomic mass is 35.5. The van der Waals surface area contributed by atoms with E-state index in [-0.39, 0.29) is 0 Å². The summed E-state index contributed by atoms with van der Waals surface area (Å²) in [6.07, 6.45) is 1.18. The predicted molar refractivity (Wildman–Crippen MR) is 88.0 cm³/mol. The standard InChI is InChI=1S/C14H18Cl2N2S/c1-8(2)4-10-7-17-14(19-10)18-13-6-11(15)9(3)5-12(13)16/h5-6,8,10H,4,7H2,1-3H3,(H,17,18). The molecule has 19 heavy (non-hydrogen) atoms. The molecule has 0 aliphatic carbocycles. The Morgan fingerprint density at radius 1 is 1.37 bits per heavy atom. The van der Waals surface area contributed by atoms with E-state index < -0.39 is 0 Å². The summed E-state index contributed by atoms with van der Waals surface area (Å²) < 4.78 is 0. The molecule has 0 fully saturated rings. The van der Waals surface area contributed by atoms with Gasteiger partial charge in [0, 0.05) is 10.3 Å². The van der Waals surface area contributed by atoms with Crippen LogP contribution in [0.15, 0.2) is 17.1 Å². The smallest absolute Gasteiger partial charge is 0.161 e. The van der Waals surface area contributed by atoms with Gasteiger partial charge in [0.15, 0.2) is 5.17 Å². The maximum atomic E-state index is 6.22. The Labute approximate surface area is 129 Å². The fourth-order valence-electron chi connectivity index (χ4n) is 1.99. The monoisotopic (exact) mass is 316 g/mol. The summed E-state index contributed by atoms with van der Waals surface area (Å²) >= 11 is 14.1. The van der Waals surface area contributed by atoms with E-state index in [0.29, 0.717) is 21.2 Å². The maximum absolute atomic E-state index is 6.22. The van der Waals surface area contributed by atoms with Crippen LogP contribution < -0.4 is 5.32 Å². The molecule has 1 aliphatic heterocycles. The molecule has 0 saturated carbocycles. The van der Waals surface area contributed by atoms with E-state index in [1.165, 1.54) is 6.42 Å². The topological polar surface area (TPSA) is 24.4 Å². The van der Waals surface area contributed by atoms with Crippen molar-refractivity contribution in [1.82, 2.24) is 0 Å². The van der Waals surface area contributed by atoms with Crippen LogP contribution in [0.2, 0.25) is 10.0 Å². The fraction of sp³-hybridized carbons (Fsp3) is 0.500. The highest BCUT2D eigenvalue weighted by Crippen LogP contribution is 2.32. The fourth-order valence-corrected chi connectivity index (χ4v) is 3.68. The number of rotatable bonds is 3. The number of hydrogen-bond acceptors (Lipinski definition) is 3. The summed E-state index contributed by atoms with van der Waals surface area (Å²) in [5, 5.41) is 6.18. The van der Waals surface area contributed by atoms with Gasteiger partial charge in [-0.2, -0.15) is 0 Å². The molecule has 1 N–H and O–H groups in total. The highest BCUT2D eigenvalue weighted by molar-refractivity contribution is 8.15. The first kappa shape index (κ1) is 15.0. The zero-order chi connectivity index (χ0) is 14.0. The summed E-state index contributed by atoms with van der Waals surface area (Å²) in [5.74, 6) is 0.699. The van der Waals surface area contributed by atoms with E-state index in [2.05, 4.69) is 24.2 Å². The van der Waals surface area contributed by atoms with Crippen molar-refractivity contribution in [2.24, 2.45) is 10.9 Å². The Kier molecular flexibility index (Phi) is 5.04. The van der Waals surface area contributed by atoms with E-state index in [1.54, 1.807) is 11.8 Å². The number of anilines is 1. The van der Waals surface area contributed by atoms with Crippen molar-refractivity contribution in [3.8, 4) is 0 Å². The van der Waals surface area contributed by atoms with Crippen molar-refractivity contribution in [3.05, 3.63) is 27.7 Å². The number of nitrogens with zero attached hydrogens (tertiary/aromatic N) is 1. The second kappa shape index (κ2) is 6.38. The minimum atomic E-state index is 0.571. The van der Waals surface area contributed by atoms with Gasteiger partial charge in [0.1, 0.15) is 0 Å². The van der Waals surface area contributed by atoms with Gasteiger partial charge in [-0.25, -0.2) is 0 Å². The minimum absolute atomic E-state index is 0.571. The maximum Gasteiger partial charge on any atom is 0.161 e. The zero-order valence-corrected chi connectivity index (χ0v) is 13.7. The third-order valence-corrected chi connectivity index (χ3v) is 4.79. The SMILES string of the molecule is Cc1cc(Cl)c(NC2=NCC(CC(C)C)S2)cc1Cl. The molecule has 5 heteroatoms. The van der Waals surface area contributed by atoms with Crippen molar-refractivity contribution in [3.63, 3.8) is 0 Å². The molecular formula is C14H18Cl2N2S. The van der Waals surface area contributed by atoms with Crippen LogP contribution in [0, 0.1) is 12.8 Å². The number of hydrogen-bond donors (Lipinski definition) is 1. The van der Waals surface area contributed by atoms with Gasteiger partial charge in [0.25, 0.3) is 0 Å². The second-order valence-corrected chi connectivity index (χ2v) is 7.32. The molecule has 0 aromatic heterocycles. The molecule has 0 radical (unpaired) electrons. The summed E-state index contributed by atoms with van der Waals surface area (Å²) in [7, 11) is 0. The van der Waals surface area contributed by atoms with Crippen molar-refractivity contribution in [2.75, 3.05) is 11.9 Å². The Morgan fingerprint density at radius 2 is 2.11 bits per heavy atom. The lowest BCUT2D eigenvalue weighted by atomic mass is 10.1. The summed E-state index contributed by atoms with van der Waals surface area (Å²) in [6.45, 7) is 7.30. The van der Waals surface area contributed by atoms with E-state index in [9.17, 15) is 0 Å². The van der Waals surface area contributed by atoms with Gasteiger partial charge in [-0.3, -0.25) is 4.99 Å². The van der Waals surface area contributed by atoms with E-state index in [0.717, 1.165) is 23.0 Å². The lowest BCUT2D eigenvalue weighted by molar-refractivity contribution is 0.575. The Morgan fingerprint density at radius 3 is 2.79 bits per heavy atom. The largest absolute Gasteiger partial charge is 0.334 e. The van der Waals surface area contributed by atoms with Crippen LogP contribution >= 0.6 is 35.0 Å². The van der Waals surface area contributed by atoms with Crippen LogP contribution in [0.25, 0.3) is 0 Å². The van der Waals surface area contributed by atoms with Crippen molar-refractivity contribution in [2.45, 2.75) is 32.4 Å². The molecule has 0 saturated heterocycles. The van der Waals surface area contributed by atoms with E-state index >= 15 is 0 Å². The van der Waals surface area contributed by atoms with E-state index in [1.807, 2.05) is 19.1 Å². The van der Waals surface area contributed by atoms with Crippen molar-refractivity contribution in [1.29, 1.82) is 0 Å². The molecule has 1 aliphatic rings. The van der Waals surface area contributed by atoms with Gasteiger partial charge >= 0.3 is 0 Å². The minimum Gasteiger partial charge on any atom is -0.334 e. The first-order valence-corrected chi connectivity index (χ1v) is 8.03. The third-order valence-electron chi connectivity index (χ3n) is 2.94. The molecule has 0 bridgehead atoms. The first-order chi connectivity index (χ1) is 8.95. The van der Waals surface area contributed by atoms with E-state index in [4.69, 9.17) is 23.2 Å². The molecule has 1 unspecified atom stereocenters. The number of amidine groups is 1. The summed E-state index contributed by atoms with van der Waals surface area (Å²) in [6, 6.07) is 3.73. The van der Waals surface area contributed by atoms with Gasteiger partial charge < -0.3 is 5.32 Å². The summed E-state index contributed by atoms with van der Waals surface area (Å²) in [4.78, 5) is 4.53. The van der Waals surface area contributed by atoms with Crippen LogP contribution in [0.1, 0.15) is 25.8 Å². The highest BCUT2D eigenvalue weighted by Gasteiger charge is 2.21. The number of benzene rings is 1. The third kappa shape index (κ3) is 4.04. The lowest BCUT2D eigenvalue weighted by Crippen LogP contribution is -2.10. The lowest BCUT2D eigenvalue weighted by Gasteiger charge is -2.12. The van der Waals surface area contributed by atoms with Gasteiger partial charge in [0.2, 0.25) is 0 Å². The van der Waals surface area contributed by atoms with Gasteiger partial charge in [-0.05, 0) is 37.0 Å². The van der Waals surface area contributed by atoms with Crippen molar-refractivity contribution >= 4 is 45.8 Å². The van der Waals surface area contributed by atoms with Crippen LogP contribution in [0.3, 0.4) is 0 Å². The molecule has 1 atom stereocenters. The predicted octanol–water partition coefficient (Wildman–Crippen LogP) is 5.23. The van der Waals surface area contributed by atoms with Crippen LogP contribution in [0.4, 0.5) is 5.69 Å². The molecule has 1 aromatic rings. The number of aliphatic imine (C=N–C) groups is 1. The molecule has 0 amide bonds. The number of halogens is 2. The molecule has 2 nitrogen and oxygen atoms in total. The average molecular weight is 317 g/mol. The Bertz CT molecular complexity index is 500. The molecule has 2 rings (SSSR count). The number of nitrogens with one attached hydrogen (secondary N) is 1. The molecule has 104 valence electrons. The first-order valence-electron chi connectivity index (χ1n) is 6.39. The van der Waals surface area contributed by atoms with Gasteiger partial charge in [-0.1, -0.05) is 48.8 Å². The summed E-state index contributed by atoms with van der Waals surface area (Å²) in [5.41, 5.74) is 1.81. The Balaban J connectivity index is 2.01. The van der Waals surface area contributed by atoms with Crippen LogP contribution in [-0.2, 0) is 0 Å². The van der Waals surface area contributed by atoms with Crippen LogP contribution in [-0.4, -0.2) is 17.0 Å². The Hall–Kier alpha value is -0.380. The quantitative estimate of drug-likeness (QED) is 0.825. The zero-order valence-electron chi connectivity index (χ0n) is 11.3. The molecular weight excluding hydrogens is 299 g/mol. The normalized spacial score (nSPS) is 18.8. The second-order valence-electron chi connectivity index (χ2n) is 5.22. The van der Waals surface area contributed by atoms with Crippen LogP contribution in [0.5, 0.6) is 0 Å². The van der Waals surface area contributed by atoms with Gasteiger partial charge in [0.05, 0.1) is 17.3 Å². The molecule has 1 heterocycles. The molecule has 1 aromatic carbocycles. The number of aryl methyl sites for hydroxylation is 1. The number of thioether (sulfide) groups is 1.